The Labute approximate surface area is 211 Å². The van der Waals surface area contributed by atoms with Crippen LogP contribution in [-0.2, 0) is 22.5 Å². The molecule has 9 heteroatoms. The van der Waals surface area contributed by atoms with Crippen molar-refractivity contribution in [2.75, 3.05) is 46.7 Å². The summed E-state index contributed by atoms with van der Waals surface area (Å²) < 4.78 is 16.2. The van der Waals surface area contributed by atoms with E-state index in [1.165, 1.54) is 10.5 Å². The van der Waals surface area contributed by atoms with E-state index in [-0.39, 0.29) is 25.3 Å². The molecular weight excluding hydrogens is 460 g/mol. The second-order valence-corrected chi connectivity index (χ2v) is 10.0. The summed E-state index contributed by atoms with van der Waals surface area (Å²) in [5.41, 5.74) is 1.28. The van der Waals surface area contributed by atoms with Crippen LogP contribution in [0.25, 0.3) is 0 Å². The van der Waals surface area contributed by atoms with Gasteiger partial charge < -0.3 is 24.0 Å². The van der Waals surface area contributed by atoms with Gasteiger partial charge in [-0.05, 0) is 54.5 Å². The number of nitrogens with zero attached hydrogens (tertiary/aromatic N) is 4. The van der Waals surface area contributed by atoms with Crippen LogP contribution >= 0.6 is 0 Å². The SMILES string of the molecule is COCCN1C(=O)N(Cc2cccnc2)C(=O)C12CCN(C[C@H](C)Cc1ccc3c(c1)OCO3)CC2. The fraction of sp³-hybridized carbons (Fsp3) is 0.519. The maximum absolute atomic E-state index is 13.7. The van der Waals surface area contributed by atoms with Crippen molar-refractivity contribution in [1.82, 2.24) is 19.7 Å². The molecule has 3 amide bonds. The smallest absolute Gasteiger partial charge is 0.328 e. The Balaban J connectivity index is 1.23. The number of hydrogen-bond donors (Lipinski definition) is 0. The molecule has 1 aromatic carbocycles. The van der Waals surface area contributed by atoms with Crippen molar-refractivity contribution in [2.45, 2.75) is 38.3 Å². The summed E-state index contributed by atoms with van der Waals surface area (Å²) in [5, 5.41) is 0. The molecule has 0 aliphatic carbocycles. The highest BCUT2D eigenvalue weighted by Crippen LogP contribution is 2.38. The fourth-order valence-electron chi connectivity index (χ4n) is 5.65. The van der Waals surface area contributed by atoms with Crippen molar-refractivity contribution in [3.05, 3.63) is 53.9 Å². The first kappa shape index (κ1) is 24.5. The van der Waals surface area contributed by atoms with E-state index in [2.05, 4.69) is 28.9 Å². The highest BCUT2D eigenvalue weighted by molar-refractivity contribution is 6.07. The van der Waals surface area contributed by atoms with Crippen molar-refractivity contribution in [1.29, 1.82) is 0 Å². The molecule has 2 aromatic rings. The number of piperidine rings is 1. The molecule has 0 N–H and O–H groups in total. The minimum atomic E-state index is -0.797. The molecule has 0 unspecified atom stereocenters. The lowest BCUT2D eigenvalue weighted by Crippen LogP contribution is -2.57. The van der Waals surface area contributed by atoms with Gasteiger partial charge in [-0.1, -0.05) is 19.1 Å². The molecule has 3 aliphatic heterocycles. The van der Waals surface area contributed by atoms with Crippen molar-refractivity contribution in [2.24, 2.45) is 5.92 Å². The third-order valence-corrected chi connectivity index (χ3v) is 7.48. The average Bonchev–Trinajstić information content (AvgIpc) is 3.42. The molecule has 1 spiro atoms. The number of benzene rings is 1. The molecule has 0 saturated carbocycles. The van der Waals surface area contributed by atoms with Crippen LogP contribution < -0.4 is 9.47 Å². The molecule has 3 aliphatic rings. The van der Waals surface area contributed by atoms with Gasteiger partial charge in [-0.25, -0.2) is 4.79 Å². The first-order chi connectivity index (χ1) is 17.5. The number of carbonyl (C=O) groups excluding carboxylic acids is 2. The molecule has 1 atom stereocenters. The summed E-state index contributed by atoms with van der Waals surface area (Å²) in [6.45, 7) is 6.06. The van der Waals surface area contributed by atoms with Gasteiger partial charge in [-0.15, -0.1) is 0 Å². The Hall–Kier alpha value is -3.17. The predicted octanol–water partition coefficient (Wildman–Crippen LogP) is 2.93. The molecule has 5 rings (SSSR count). The van der Waals surface area contributed by atoms with Gasteiger partial charge in [0.05, 0.1) is 13.2 Å². The number of amides is 3. The van der Waals surface area contributed by atoms with Gasteiger partial charge in [0, 0.05) is 45.7 Å². The van der Waals surface area contributed by atoms with Crippen LogP contribution in [0.5, 0.6) is 11.5 Å². The molecule has 2 saturated heterocycles. The normalized spacial score (nSPS) is 19.9. The minimum Gasteiger partial charge on any atom is -0.454 e. The second kappa shape index (κ2) is 10.4. The number of likely N-dealkylation sites (tertiary alicyclic amines) is 1. The number of aromatic nitrogens is 1. The van der Waals surface area contributed by atoms with Crippen molar-refractivity contribution >= 4 is 11.9 Å². The van der Waals surface area contributed by atoms with E-state index >= 15 is 0 Å². The van der Waals surface area contributed by atoms with Crippen molar-refractivity contribution < 1.29 is 23.8 Å². The summed E-state index contributed by atoms with van der Waals surface area (Å²) in [4.78, 5) is 36.8. The van der Waals surface area contributed by atoms with Gasteiger partial charge in [0.1, 0.15) is 5.54 Å². The first-order valence-electron chi connectivity index (χ1n) is 12.6. The van der Waals surface area contributed by atoms with Gasteiger partial charge in [0.15, 0.2) is 11.5 Å². The Bertz CT molecular complexity index is 1090. The lowest BCUT2D eigenvalue weighted by atomic mass is 9.85. The van der Waals surface area contributed by atoms with Crippen LogP contribution in [0.1, 0.15) is 30.9 Å². The molecule has 4 heterocycles. The first-order valence-corrected chi connectivity index (χ1v) is 12.6. The van der Waals surface area contributed by atoms with Crippen molar-refractivity contribution in [3.63, 3.8) is 0 Å². The van der Waals surface area contributed by atoms with E-state index in [9.17, 15) is 9.59 Å². The van der Waals surface area contributed by atoms with E-state index in [1.807, 2.05) is 18.2 Å². The topological polar surface area (TPSA) is 84.4 Å². The summed E-state index contributed by atoms with van der Waals surface area (Å²) in [5.74, 6) is 1.96. The van der Waals surface area contributed by atoms with E-state index in [4.69, 9.17) is 14.2 Å². The van der Waals surface area contributed by atoms with E-state index < -0.39 is 5.54 Å². The third-order valence-electron chi connectivity index (χ3n) is 7.48. The summed E-state index contributed by atoms with van der Waals surface area (Å²) in [6, 6.07) is 9.62. The largest absolute Gasteiger partial charge is 0.454 e. The van der Waals surface area contributed by atoms with Crippen LogP contribution in [0.2, 0.25) is 0 Å². The molecule has 9 nitrogen and oxygen atoms in total. The number of carbonyl (C=O) groups is 2. The minimum absolute atomic E-state index is 0.0967. The van der Waals surface area contributed by atoms with Gasteiger partial charge in [-0.2, -0.15) is 0 Å². The van der Waals surface area contributed by atoms with E-state index in [0.29, 0.717) is 31.9 Å². The van der Waals surface area contributed by atoms with Gasteiger partial charge in [0.25, 0.3) is 5.91 Å². The maximum atomic E-state index is 13.7. The zero-order chi connectivity index (χ0) is 25.1. The quantitative estimate of drug-likeness (QED) is 0.496. The van der Waals surface area contributed by atoms with Crippen LogP contribution in [-0.4, -0.2) is 83.8 Å². The summed E-state index contributed by atoms with van der Waals surface area (Å²) in [6.07, 6.45) is 5.58. The van der Waals surface area contributed by atoms with Gasteiger partial charge >= 0.3 is 6.03 Å². The number of methoxy groups -OCH3 is 1. The number of urea groups is 1. The van der Waals surface area contributed by atoms with Crippen molar-refractivity contribution in [3.8, 4) is 11.5 Å². The Morgan fingerprint density at radius 3 is 2.67 bits per heavy atom. The average molecular weight is 495 g/mol. The lowest BCUT2D eigenvalue weighted by Gasteiger charge is -2.42. The molecule has 0 radical (unpaired) electrons. The lowest BCUT2D eigenvalue weighted by molar-refractivity contribution is -0.136. The number of pyridine rings is 1. The summed E-state index contributed by atoms with van der Waals surface area (Å²) in [7, 11) is 1.62. The van der Waals surface area contributed by atoms with Gasteiger partial charge in [-0.3, -0.25) is 14.7 Å². The zero-order valence-corrected chi connectivity index (χ0v) is 21.0. The van der Waals surface area contributed by atoms with Crippen LogP contribution in [0.15, 0.2) is 42.7 Å². The molecule has 36 heavy (non-hydrogen) atoms. The second-order valence-electron chi connectivity index (χ2n) is 10.0. The van der Waals surface area contributed by atoms with Crippen LogP contribution in [0.4, 0.5) is 4.79 Å². The van der Waals surface area contributed by atoms with E-state index in [0.717, 1.165) is 43.1 Å². The Morgan fingerprint density at radius 1 is 1.11 bits per heavy atom. The number of fused-ring (bicyclic) bond motifs is 1. The highest BCUT2D eigenvalue weighted by Gasteiger charge is 2.57. The molecular formula is C27H34N4O5. The summed E-state index contributed by atoms with van der Waals surface area (Å²) >= 11 is 0. The van der Waals surface area contributed by atoms with Crippen LogP contribution in [0.3, 0.4) is 0 Å². The standard InChI is InChI=1S/C27H34N4O5/c1-20(14-21-5-6-23-24(15-21)36-19-35-23)17-29-10-7-27(8-11-29)25(32)30(18-22-4-3-9-28-16-22)26(33)31(27)12-13-34-2/h3-6,9,15-16,20H,7-8,10-14,17-19H2,1-2H3/t20-/m1/s1. The van der Waals surface area contributed by atoms with E-state index in [1.54, 1.807) is 24.4 Å². The number of hydrogen-bond acceptors (Lipinski definition) is 7. The maximum Gasteiger partial charge on any atom is 0.328 e. The third kappa shape index (κ3) is 4.77. The monoisotopic (exact) mass is 494 g/mol. The highest BCUT2D eigenvalue weighted by atomic mass is 16.7. The fourth-order valence-corrected chi connectivity index (χ4v) is 5.65. The zero-order valence-electron chi connectivity index (χ0n) is 21.0. The predicted molar refractivity (Wildman–Crippen MR) is 133 cm³/mol. The Morgan fingerprint density at radius 2 is 1.92 bits per heavy atom. The Kier molecular flexibility index (Phi) is 7.11. The molecule has 1 aromatic heterocycles. The number of rotatable bonds is 9. The molecule has 0 bridgehead atoms. The van der Waals surface area contributed by atoms with Crippen LogP contribution in [0, 0.1) is 5.92 Å². The number of ether oxygens (including phenoxy) is 3. The molecule has 2 fully saturated rings. The van der Waals surface area contributed by atoms with Gasteiger partial charge in [0.2, 0.25) is 6.79 Å². The number of imide groups is 1. The molecule has 192 valence electrons.